The summed E-state index contributed by atoms with van der Waals surface area (Å²) in [6.07, 6.45) is 0. The van der Waals surface area contributed by atoms with Crippen molar-refractivity contribution in [3.8, 4) is 0 Å². The molecule has 21 heavy (non-hydrogen) atoms. The van der Waals surface area contributed by atoms with Gasteiger partial charge in [0.25, 0.3) is 0 Å². The van der Waals surface area contributed by atoms with Crippen LogP contribution in [0.1, 0.15) is 35.1 Å². The maximum atomic E-state index is 13.7. The summed E-state index contributed by atoms with van der Waals surface area (Å²) in [6, 6.07) is 3.31. The van der Waals surface area contributed by atoms with Crippen LogP contribution in [0.2, 0.25) is 0 Å². The summed E-state index contributed by atoms with van der Waals surface area (Å²) < 4.78 is 15.8. The topological polar surface area (TPSA) is 30.7 Å². The third-order valence-electron chi connectivity index (χ3n) is 3.54. The lowest BCUT2D eigenvalue weighted by Crippen LogP contribution is -2.10. The summed E-state index contributed by atoms with van der Waals surface area (Å²) in [5.74, 6) is 0.771. The number of hydrogen-bond donors (Lipinski definition) is 0. The zero-order valence-corrected chi connectivity index (χ0v) is 13.6. The van der Waals surface area contributed by atoms with Gasteiger partial charge in [-0.2, -0.15) is 0 Å². The molecule has 1 unspecified atom stereocenters. The van der Waals surface area contributed by atoms with Crippen molar-refractivity contribution >= 4 is 34.0 Å². The maximum Gasteiger partial charge on any atom is 0.128 e. The number of alkyl halides is 1. The van der Waals surface area contributed by atoms with Crippen molar-refractivity contribution in [2.24, 2.45) is 0 Å². The minimum Gasteiger partial charge on any atom is -0.317 e. The van der Waals surface area contributed by atoms with E-state index in [0.717, 1.165) is 22.0 Å². The van der Waals surface area contributed by atoms with Gasteiger partial charge in [-0.05, 0) is 32.4 Å². The van der Waals surface area contributed by atoms with Crippen LogP contribution in [0.5, 0.6) is 0 Å². The molecule has 3 rings (SSSR count). The molecule has 6 heteroatoms. The summed E-state index contributed by atoms with van der Waals surface area (Å²) in [7, 11) is 0. The number of benzene rings is 1. The number of thiazole rings is 1. The molecule has 3 aromatic rings. The summed E-state index contributed by atoms with van der Waals surface area (Å²) in [5.41, 5.74) is 3.13. The number of fused-ring (bicyclic) bond motifs is 1. The van der Waals surface area contributed by atoms with Crippen LogP contribution in [0.25, 0.3) is 11.0 Å². The van der Waals surface area contributed by atoms with E-state index in [1.165, 1.54) is 6.07 Å². The van der Waals surface area contributed by atoms with Crippen LogP contribution in [-0.4, -0.2) is 14.5 Å². The summed E-state index contributed by atoms with van der Waals surface area (Å²) in [4.78, 5) is 9.00. The molecule has 0 amide bonds. The van der Waals surface area contributed by atoms with Gasteiger partial charge in [-0.25, -0.2) is 14.4 Å². The third kappa shape index (κ3) is 2.45. The SMILES string of the molecule is Cc1csc(C(C)n2c(CCl)nc3cc(F)c(C)cc32)n1. The number of nitrogens with zero attached hydrogens (tertiary/aromatic N) is 3. The van der Waals surface area contributed by atoms with Crippen LogP contribution in [0.4, 0.5) is 4.39 Å². The van der Waals surface area contributed by atoms with E-state index in [1.54, 1.807) is 18.3 Å². The Morgan fingerprint density at radius 2 is 2.10 bits per heavy atom. The van der Waals surface area contributed by atoms with Gasteiger partial charge in [0.15, 0.2) is 0 Å². The zero-order chi connectivity index (χ0) is 15.1. The molecule has 0 aliphatic carbocycles. The van der Waals surface area contributed by atoms with E-state index < -0.39 is 0 Å². The normalized spacial score (nSPS) is 13.0. The van der Waals surface area contributed by atoms with Crippen molar-refractivity contribution in [1.82, 2.24) is 14.5 Å². The van der Waals surface area contributed by atoms with E-state index >= 15 is 0 Å². The summed E-state index contributed by atoms with van der Waals surface area (Å²) >= 11 is 7.64. The highest BCUT2D eigenvalue weighted by molar-refractivity contribution is 7.09. The maximum absolute atomic E-state index is 13.7. The van der Waals surface area contributed by atoms with Crippen molar-refractivity contribution in [2.45, 2.75) is 32.7 Å². The molecule has 0 aliphatic heterocycles. The van der Waals surface area contributed by atoms with Gasteiger partial charge in [0.05, 0.1) is 23.0 Å². The molecule has 3 nitrogen and oxygen atoms in total. The summed E-state index contributed by atoms with van der Waals surface area (Å²) in [5, 5.41) is 3.02. The lowest BCUT2D eigenvalue weighted by atomic mass is 10.2. The van der Waals surface area contributed by atoms with Gasteiger partial charge in [0.1, 0.15) is 16.6 Å². The predicted octanol–water partition coefficient (Wildman–Crippen LogP) is 4.60. The molecule has 0 bridgehead atoms. The van der Waals surface area contributed by atoms with E-state index in [0.29, 0.717) is 11.1 Å². The molecule has 0 fully saturated rings. The first-order chi connectivity index (χ1) is 10.0. The van der Waals surface area contributed by atoms with Crippen LogP contribution < -0.4 is 0 Å². The number of aromatic nitrogens is 3. The van der Waals surface area contributed by atoms with E-state index in [-0.39, 0.29) is 17.7 Å². The second kappa shape index (κ2) is 5.39. The van der Waals surface area contributed by atoms with Gasteiger partial charge < -0.3 is 4.57 Å². The second-order valence-electron chi connectivity index (χ2n) is 5.12. The number of hydrogen-bond acceptors (Lipinski definition) is 3. The largest absolute Gasteiger partial charge is 0.317 e. The third-order valence-corrected chi connectivity index (χ3v) is 4.92. The average molecular weight is 324 g/mol. The monoisotopic (exact) mass is 323 g/mol. The second-order valence-corrected chi connectivity index (χ2v) is 6.28. The highest BCUT2D eigenvalue weighted by Crippen LogP contribution is 2.29. The molecule has 0 saturated carbocycles. The van der Waals surface area contributed by atoms with Crippen molar-refractivity contribution in [3.63, 3.8) is 0 Å². The minimum absolute atomic E-state index is 0.0207. The zero-order valence-electron chi connectivity index (χ0n) is 12.0. The Bertz CT molecular complexity index is 809. The average Bonchev–Trinajstić information content (AvgIpc) is 3.02. The fraction of sp³-hybridized carbons (Fsp3) is 0.333. The number of halogens is 2. The van der Waals surface area contributed by atoms with E-state index in [4.69, 9.17) is 11.6 Å². The van der Waals surface area contributed by atoms with Gasteiger partial charge in [-0.3, -0.25) is 0 Å². The Kier molecular flexibility index (Phi) is 3.71. The van der Waals surface area contributed by atoms with Crippen LogP contribution in [0, 0.1) is 19.7 Å². The van der Waals surface area contributed by atoms with Crippen LogP contribution in [-0.2, 0) is 5.88 Å². The molecule has 0 spiro atoms. The lowest BCUT2D eigenvalue weighted by molar-refractivity contribution is 0.617. The van der Waals surface area contributed by atoms with Crippen LogP contribution >= 0.6 is 22.9 Å². The van der Waals surface area contributed by atoms with Gasteiger partial charge in [0.2, 0.25) is 0 Å². The molecule has 1 aromatic carbocycles. The molecule has 110 valence electrons. The van der Waals surface area contributed by atoms with Crippen molar-refractivity contribution in [1.29, 1.82) is 0 Å². The number of aryl methyl sites for hydroxylation is 2. The molecule has 2 heterocycles. The number of rotatable bonds is 3. The smallest absolute Gasteiger partial charge is 0.128 e. The first-order valence-electron chi connectivity index (χ1n) is 6.66. The molecular formula is C15H15ClFN3S. The first-order valence-corrected chi connectivity index (χ1v) is 8.07. The van der Waals surface area contributed by atoms with E-state index in [2.05, 4.69) is 16.9 Å². The van der Waals surface area contributed by atoms with Gasteiger partial charge >= 0.3 is 0 Å². The molecule has 1 atom stereocenters. The van der Waals surface area contributed by atoms with Gasteiger partial charge in [0, 0.05) is 17.1 Å². The van der Waals surface area contributed by atoms with Crippen molar-refractivity contribution < 1.29 is 4.39 Å². The lowest BCUT2D eigenvalue weighted by Gasteiger charge is -2.15. The Balaban J connectivity index is 2.22. The Hall–Kier alpha value is -1.46. The van der Waals surface area contributed by atoms with Crippen molar-refractivity contribution in [3.05, 3.63) is 45.4 Å². The quantitative estimate of drug-likeness (QED) is 0.660. The van der Waals surface area contributed by atoms with E-state index in [9.17, 15) is 4.39 Å². The molecule has 0 saturated heterocycles. The van der Waals surface area contributed by atoms with Crippen LogP contribution in [0.3, 0.4) is 0 Å². The van der Waals surface area contributed by atoms with Crippen LogP contribution in [0.15, 0.2) is 17.5 Å². The Morgan fingerprint density at radius 3 is 2.71 bits per heavy atom. The fourth-order valence-corrected chi connectivity index (χ4v) is 3.50. The Morgan fingerprint density at radius 1 is 1.33 bits per heavy atom. The number of imidazole rings is 1. The first kappa shape index (κ1) is 14.5. The highest BCUT2D eigenvalue weighted by atomic mass is 35.5. The summed E-state index contributed by atoms with van der Waals surface area (Å²) in [6.45, 7) is 5.79. The molecule has 0 N–H and O–H groups in total. The predicted molar refractivity (Wildman–Crippen MR) is 84.6 cm³/mol. The van der Waals surface area contributed by atoms with E-state index in [1.807, 2.05) is 22.9 Å². The highest BCUT2D eigenvalue weighted by Gasteiger charge is 2.20. The minimum atomic E-state index is -0.244. The standard InChI is InChI=1S/C15H15ClFN3S/c1-8-4-13-12(5-11(8)17)19-14(6-16)20(13)10(3)15-18-9(2)7-21-15/h4-5,7,10H,6H2,1-3H3. The van der Waals surface area contributed by atoms with Gasteiger partial charge in [-0.1, -0.05) is 0 Å². The molecule has 2 aromatic heterocycles. The molecular weight excluding hydrogens is 309 g/mol. The van der Waals surface area contributed by atoms with Gasteiger partial charge in [-0.15, -0.1) is 22.9 Å². The molecule has 0 radical (unpaired) electrons. The van der Waals surface area contributed by atoms with Crippen molar-refractivity contribution in [2.75, 3.05) is 0 Å². The Labute approximate surface area is 131 Å². The molecule has 0 aliphatic rings. The fourth-order valence-electron chi connectivity index (χ4n) is 2.47.